The van der Waals surface area contributed by atoms with Crippen molar-refractivity contribution in [3.63, 3.8) is 0 Å². The van der Waals surface area contributed by atoms with E-state index < -0.39 is 39.0 Å². The summed E-state index contributed by atoms with van der Waals surface area (Å²) in [5.74, 6) is -2.10. The molecule has 0 unspecified atom stereocenters. The first-order valence-electron chi connectivity index (χ1n) is 6.86. The molecule has 0 fully saturated rings. The number of alkyl halides is 3. The number of para-hydroxylation sites is 1. The number of fused-ring (bicyclic) bond motifs is 1. The molecule has 5 nitrogen and oxygen atoms in total. The lowest BCUT2D eigenvalue weighted by molar-refractivity contribution is -0.139. The second kappa shape index (κ2) is 6.03. The maximum atomic E-state index is 13.3. The monoisotopic (exact) mass is 374 g/mol. The zero-order valence-corrected chi connectivity index (χ0v) is 13.2. The van der Waals surface area contributed by atoms with E-state index in [4.69, 9.17) is 4.52 Å². The second-order valence-electron chi connectivity index (χ2n) is 5.18. The molecule has 10 heteroatoms. The molecule has 0 aliphatic carbocycles. The summed E-state index contributed by atoms with van der Waals surface area (Å²) in [6.07, 6.45) is -4.94. The van der Waals surface area contributed by atoms with Crippen LogP contribution in [0.2, 0.25) is 0 Å². The summed E-state index contributed by atoms with van der Waals surface area (Å²) in [4.78, 5) is 0. The predicted octanol–water partition coefficient (Wildman–Crippen LogP) is 3.93. The molecule has 3 aromatic rings. The van der Waals surface area contributed by atoms with Gasteiger partial charge in [-0.25, -0.2) is 12.8 Å². The van der Waals surface area contributed by atoms with Gasteiger partial charge in [-0.2, -0.15) is 13.2 Å². The van der Waals surface area contributed by atoms with Gasteiger partial charge in [0.25, 0.3) is 0 Å². The van der Waals surface area contributed by atoms with Crippen molar-refractivity contribution in [3.8, 4) is 0 Å². The van der Waals surface area contributed by atoms with Gasteiger partial charge in [0.1, 0.15) is 17.3 Å². The highest BCUT2D eigenvalue weighted by Crippen LogP contribution is 2.33. The Morgan fingerprint density at radius 1 is 1.12 bits per heavy atom. The molecule has 0 spiro atoms. The molecule has 2 aromatic carbocycles. The van der Waals surface area contributed by atoms with E-state index in [1.807, 2.05) is 4.72 Å². The molecule has 3 rings (SSSR count). The largest absolute Gasteiger partial charge is 0.419 e. The molecule has 25 heavy (non-hydrogen) atoms. The van der Waals surface area contributed by atoms with E-state index in [0.717, 1.165) is 6.07 Å². The maximum absolute atomic E-state index is 13.3. The molecular weight excluding hydrogens is 364 g/mol. The molecule has 0 saturated heterocycles. The van der Waals surface area contributed by atoms with Gasteiger partial charge in [-0.05, 0) is 30.3 Å². The van der Waals surface area contributed by atoms with Crippen LogP contribution in [0.1, 0.15) is 11.3 Å². The van der Waals surface area contributed by atoms with E-state index in [0.29, 0.717) is 23.1 Å². The molecule has 0 atom stereocenters. The first-order valence-corrected chi connectivity index (χ1v) is 8.51. The lowest BCUT2D eigenvalue weighted by Gasteiger charge is -2.11. The highest BCUT2D eigenvalue weighted by Gasteiger charge is 2.34. The Labute approximate surface area is 139 Å². The number of rotatable bonds is 4. The summed E-state index contributed by atoms with van der Waals surface area (Å²) in [6.45, 7) is 0. The molecule has 0 saturated carbocycles. The fraction of sp³-hybridized carbons (Fsp3) is 0.133. The average Bonchev–Trinajstić information content (AvgIpc) is 2.90. The second-order valence-corrected chi connectivity index (χ2v) is 6.90. The minimum absolute atomic E-state index is 0.112. The fourth-order valence-corrected chi connectivity index (χ4v) is 3.37. The summed E-state index contributed by atoms with van der Waals surface area (Å²) in [5, 5.41) is 4.13. The van der Waals surface area contributed by atoms with E-state index >= 15 is 0 Å². The van der Waals surface area contributed by atoms with Gasteiger partial charge in [0.05, 0.1) is 5.56 Å². The fourth-order valence-electron chi connectivity index (χ4n) is 2.24. The molecule has 1 heterocycles. The molecule has 0 bridgehead atoms. The lowest BCUT2D eigenvalue weighted by atomic mass is 10.2. The van der Waals surface area contributed by atoms with Crippen LogP contribution < -0.4 is 4.72 Å². The van der Waals surface area contributed by atoms with Crippen molar-refractivity contribution >= 4 is 26.7 Å². The van der Waals surface area contributed by atoms with Crippen molar-refractivity contribution in [1.82, 2.24) is 5.16 Å². The Morgan fingerprint density at radius 2 is 1.84 bits per heavy atom. The van der Waals surface area contributed by atoms with Gasteiger partial charge in [0, 0.05) is 11.1 Å². The number of anilines is 1. The Morgan fingerprint density at radius 3 is 2.56 bits per heavy atom. The third-order valence-corrected chi connectivity index (χ3v) is 4.52. The lowest BCUT2D eigenvalue weighted by Crippen LogP contribution is -2.16. The first-order chi connectivity index (χ1) is 11.7. The SMILES string of the molecule is O=S(=O)(Cc1noc2ccccc12)Nc1ccc(F)c(C(F)(F)F)c1. The summed E-state index contributed by atoms with van der Waals surface area (Å²) in [5.41, 5.74) is -1.46. The minimum Gasteiger partial charge on any atom is -0.356 e. The van der Waals surface area contributed by atoms with Gasteiger partial charge < -0.3 is 4.52 Å². The molecule has 1 N–H and O–H groups in total. The Kier molecular flexibility index (Phi) is 4.15. The summed E-state index contributed by atoms with van der Waals surface area (Å²) in [6, 6.07) is 8.40. The van der Waals surface area contributed by atoms with Gasteiger partial charge in [-0.3, -0.25) is 4.72 Å². The van der Waals surface area contributed by atoms with Crippen molar-refractivity contribution in [3.05, 3.63) is 59.5 Å². The molecule has 132 valence electrons. The van der Waals surface area contributed by atoms with Crippen LogP contribution in [-0.2, 0) is 22.0 Å². The van der Waals surface area contributed by atoms with Crippen molar-refractivity contribution in [1.29, 1.82) is 0 Å². The van der Waals surface area contributed by atoms with Crippen molar-refractivity contribution < 1.29 is 30.5 Å². The zero-order chi connectivity index (χ0) is 18.2. The first kappa shape index (κ1) is 17.2. The highest BCUT2D eigenvalue weighted by atomic mass is 32.2. The van der Waals surface area contributed by atoms with E-state index in [9.17, 15) is 26.0 Å². The van der Waals surface area contributed by atoms with Gasteiger partial charge >= 0.3 is 6.18 Å². The van der Waals surface area contributed by atoms with Gasteiger partial charge in [-0.15, -0.1) is 0 Å². The Balaban J connectivity index is 1.87. The summed E-state index contributed by atoms with van der Waals surface area (Å²) < 4.78 is 82.7. The van der Waals surface area contributed by atoms with Crippen LogP contribution in [0.5, 0.6) is 0 Å². The van der Waals surface area contributed by atoms with Crippen LogP contribution in [-0.4, -0.2) is 13.6 Å². The number of halogens is 4. The van der Waals surface area contributed by atoms with Crippen LogP contribution in [0, 0.1) is 5.82 Å². The molecule has 1 aromatic heterocycles. The van der Waals surface area contributed by atoms with Crippen LogP contribution in [0.15, 0.2) is 47.0 Å². The number of hydrogen-bond acceptors (Lipinski definition) is 4. The zero-order valence-electron chi connectivity index (χ0n) is 12.3. The predicted molar refractivity (Wildman–Crippen MR) is 81.7 cm³/mol. The molecule has 0 radical (unpaired) electrons. The summed E-state index contributed by atoms with van der Waals surface area (Å²) in [7, 11) is -4.09. The number of aromatic nitrogens is 1. The van der Waals surface area contributed by atoms with Crippen molar-refractivity contribution in [2.75, 3.05) is 4.72 Å². The molecule has 0 aliphatic rings. The standard InChI is InChI=1S/C15H10F4N2O3S/c16-12-6-5-9(7-11(12)15(17,18)19)21-25(22,23)8-13-10-3-1-2-4-14(10)24-20-13/h1-7,21H,8H2. The van der Waals surface area contributed by atoms with Gasteiger partial charge in [-0.1, -0.05) is 17.3 Å². The van der Waals surface area contributed by atoms with Gasteiger partial charge in [0.15, 0.2) is 5.58 Å². The quantitative estimate of drug-likeness (QED) is 0.703. The number of benzene rings is 2. The van der Waals surface area contributed by atoms with Crippen molar-refractivity contribution in [2.24, 2.45) is 0 Å². The molecular formula is C15H10F4N2O3S. The third-order valence-electron chi connectivity index (χ3n) is 3.32. The normalized spacial score (nSPS) is 12.5. The van der Waals surface area contributed by atoms with Crippen LogP contribution in [0.4, 0.5) is 23.2 Å². The molecule has 0 aliphatic heterocycles. The number of sulfonamides is 1. The topological polar surface area (TPSA) is 72.2 Å². The van der Waals surface area contributed by atoms with E-state index in [1.165, 1.54) is 0 Å². The number of hydrogen-bond donors (Lipinski definition) is 1. The number of nitrogens with one attached hydrogen (secondary N) is 1. The van der Waals surface area contributed by atoms with E-state index in [-0.39, 0.29) is 5.69 Å². The van der Waals surface area contributed by atoms with Crippen LogP contribution in [0.3, 0.4) is 0 Å². The highest BCUT2D eigenvalue weighted by molar-refractivity contribution is 7.91. The minimum atomic E-state index is -4.94. The Hall–Kier alpha value is -2.62. The van der Waals surface area contributed by atoms with Crippen molar-refractivity contribution in [2.45, 2.75) is 11.9 Å². The van der Waals surface area contributed by atoms with Crippen LogP contribution in [0.25, 0.3) is 11.0 Å². The Bertz CT molecular complexity index is 1030. The van der Waals surface area contributed by atoms with E-state index in [2.05, 4.69) is 5.16 Å². The molecule has 0 amide bonds. The third kappa shape index (κ3) is 3.73. The number of nitrogens with zero attached hydrogens (tertiary/aromatic N) is 1. The smallest absolute Gasteiger partial charge is 0.356 e. The summed E-state index contributed by atoms with van der Waals surface area (Å²) >= 11 is 0. The van der Waals surface area contributed by atoms with E-state index in [1.54, 1.807) is 24.3 Å². The van der Waals surface area contributed by atoms with Crippen LogP contribution >= 0.6 is 0 Å². The van der Waals surface area contributed by atoms with Gasteiger partial charge in [0.2, 0.25) is 10.0 Å². The maximum Gasteiger partial charge on any atom is 0.419 e. The average molecular weight is 374 g/mol.